The van der Waals surface area contributed by atoms with Crippen molar-refractivity contribution >= 4 is 17.4 Å². The van der Waals surface area contributed by atoms with Gasteiger partial charge in [-0.3, -0.25) is 4.79 Å². The Kier molecular flexibility index (Phi) is 10.8. The number of carbonyl (C=O) groups excluding carboxylic acids is 1. The zero-order valence-electron chi connectivity index (χ0n) is 30.5. The normalized spacial score (nSPS) is 13.9. The van der Waals surface area contributed by atoms with Crippen molar-refractivity contribution in [3.8, 4) is 28.0 Å². The number of nitrogens with zero attached hydrogens (tertiary/aromatic N) is 1. The molecule has 0 spiro atoms. The van der Waals surface area contributed by atoms with Gasteiger partial charge in [-0.05, 0) is 107 Å². The molecule has 53 heavy (non-hydrogen) atoms. The second kappa shape index (κ2) is 15.3. The number of halogens is 3. The molecule has 0 aromatic heterocycles. The molecule has 1 N–H and O–H groups in total. The van der Waals surface area contributed by atoms with E-state index in [1.165, 1.54) is 17.7 Å². The highest BCUT2D eigenvalue weighted by Crippen LogP contribution is 2.37. The van der Waals surface area contributed by atoms with E-state index in [1.54, 1.807) is 6.07 Å². The van der Waals surface area contributed by atoms with Crippen molar-refractivity contribution in [3.63, 3.8) is 0 Å². The minimum atomic E-state index is -4.47. The van der Waals surface area contributed by atoms with E-state index in [4.69, 9.17) is 4.74 Å². The predicted octanol–water partition coefficient (Wildman–Crippen LogP) is 11.0. The zero-order chi connectivity index (χ0) is 37.9. The second-order valence-corrected chi connectivity index (χ2v) is 14.9. The summed E-state index contributed by atoms with van der Waals surface area (Å²) in [5.74, 6) is -1.11. The van der Waals surface area contributed by atoms with Crippen molar-refractivity contribution in [3.05, 3.63) is 143 Å². The van der Waals surface area contributed by atoms with E-state index in [0.717, 1.165) is 58.7 Å². The number of rotatable bonds is 10. The lowest BCUT2D eigenvalue weighted by Gasteiger charge is -2.33. The third kappa shape index (κ3) is 8.99. The summed E-state index contributed by atoms with van der Waals surface area (Å²) in [4.78, 5) is 28.8. The Balaban J connectivity index is 1.22. The fourth-order valence-electron chi connectivity index (χ4n) is 6.95. The SMILES string of the molecule is Cc1cccc(-c2cc(CC(=O)C3CCN(c4ccc(C(C)(C)C)cc4)CC3)c(C(=O)O)cc2-c2ccc(COc3cccc(C(F)(F)F)c3)cc2)c1. The molecule has 0 radical (unpaired) electrons. The molecule has 8 heteroatoms. The molecular weight excluding hydrogens is 675 g/mol. The molecule has 274 valence electrons. The lowest BCUT2D eigenvalue weighted by Crippen LogP contribution is -2.37. The Bertz CT molecular complexity index is 2090. The summed E-state index contributed by atoms with van der Waals surface area (Å²) in [6.07, 6.45) is -3.04. The number of hydrogen-bond donors (Lipinski definition) is 1. The van der Waals surface area contributed by atoms with Crippen molar-refractivity contribution < 1.29 is 32.6 Å². The molecule has 6 rings (SSSR count). The monoisotopic (exact) mass is 719 g/mol. The molecule has 0 unspecified atom stereocenters. The zero-order valence-corrected chi connectivity index (χ0v) is 30.5. The van der Waals surface area contributed by atoms with E-state index in [2.05, 4.69) is 49.9 Å². The van der Waals surface area contributed by atoms with Gasteiger partial charge in [0.15, 0.2) is 0 Å². The maximum absolute atomic E-state index is 13.8. The third-order valence-corrected chi connectivity index (χ3v) is 10.0. The van der Waals surface area contributed by atoms with Crippen LogP contribution in [0.5, 0.6) is 5.75 Å². The molecule has 0 bridgehead atoms. The summed E-state index contributed by atoms with van der Waals surface area (Å²) in [6, 6.07) is 32.2. The number of piperidine rings is 1. The van der Waals surface area contributed by atoms with Gasteiger partial charge in [0.2, 0.25) is 0 Å². The lowest BCUT2D eigenvalue weighted by atomic mass is 9.84. The predicted molar refractivity (Wildman–Crippen MR) is 204 cm³/mol. The van der Waals surface area contributed by atoms with Gasteiger partial charge in [-0.2, -0.15) is 13.2 Å². The van der Waals surface area contributed by atoms with E-state index in [-0.39, 0.29) is 41.5 Å². The van der Waals surface area contributed by atoms with Gasteiger partial charge >= 0.3 is 12.1 Å². The first-order valence-corrected chi connectivity index (χ1v) is 17.9. The van der Waals surface area contributed by atoms with Gasteiger partial charge in [0.1, 0.15) is 18.1 Å². The largest absolute Gasteiger partial charge is 0.489 e. The minimum absolute atomic E-state index is 0.0253. The number of ketones is 1. The number of ether oxygens (including phenoxy) is 1. The van der Waals surface area contributed by atoms with Crippen LogP contribution in [0.2, 0.25) is 0 Å². The maximum atomic E-state index is 13.8. The number of anilines is 1. The molecular formula is C45H44F3NO4. The summed E-state index contributed by atoms with van der Waals surface area (Å²) < 4.78 is 45.1. The Morgan fingerprint density at radius 1 is 0.774 bits per heavy atom. The molecule has 1 saturated heterocycles. The number of Topliss-reactive ketones (excluding diaryl/α,β-unsaturated/α-hetero) is 1. The fourth-order valence-corrected chi connectivity index (χ4v) is 6.95. The second-order valence-electron chi connectivity index (χ2n) is 14.9. The van der Waals surface area contributed by atoms with Crippen LogP contribution >= 0.6 is 0 Å². The lowest BCUT2D eigenvalue weighted by molar-refractivity contribution is -0.137. The molecule has 0 amide bonds. The molecule has 5 nitrogen and oxygen atoms in total. The van der Waals surface area contributed by atoms with Crippen molar-refractivity contribution in [2.24, 2.45) is 5.92 Å². The van der Waals surface area contributed by atoms with Crippen LogP contribution in [0.25, 0.3) is 22.3 Å². The van der Waals surface area contributed by atoms with E-state index in [0.29, 0.717) is 24.0 Å². The molecule has 0 aliphatic carbocycles. The van der Waals surface area contributed by atoms with Gasteiger partial charge in [0.05, 0.1) is 11.1 Å². The number of hydrogen-bond acceptors (Lipinski definition) is 4. The third-order valence-electron chi connectivity index (χ3n) is 10.0. The van der Waals surface area contributed by atoms with Crippen molar-refractivity contribution in [1.29, 1.82) is 0 Å². The highest BCUT2D eigenvalue weighted by molar-refractivity contribution is 5.97. The summed E-state index contributed by atoms with van der Waals surface area (Å²) in [5, 5.41) is 10.4. The van der Waals surface area contributed by atoms with Crippen LogP contribution in [0.4, 0.5) is 18.9 Å². The standard InChI is InChI=1S/C45H44F3NO4/c1-29-7-5-8-33(23-29)39-24-34(25-42(50)32-19-21-49(22-20-32)37-17-15-35(16-18-37)44(2,3)4)41(43(51)52)27-40(39)31-13-11-30(12-14-31)28-53-38-10-6-9-36(26-38)45(46,47)48/h5-18,23-24,26-27,32H,19-22,25,28H2,1-4H3,(H,51,52). The maximum Gasteiger partial charge on any atom is 0.416 e. The Morgan fingerprint density at radius 3 is 2.06 bits per heavy atom. The van der Waals surface area contributed by atoms with Crippen LogP contribution in [0.3, 0.4) is 0 Å². The van der Waals surface area contributed by atoms with Crippen LogP contribution in [0, 0.1) is 12.8 Å². The number of carbonyl (C=O) groups is 2. The molecule has 0 saturated carbocycles. The van der Waals surface area contributed by atoms with Crippen LogP contribution in [0.15, 0.2) is 109 Å². The summed E-state index contributed by atoms with van der Waals surface area (Å²) in [5.41, 5.74) is 7.20. The molecule has 1 heterocycles. The average Bonchev–Trinajstić information content (AvgIpc) is 3.13. The minimum Gasteiger partial charge on any atom is -0.489 e. The first kappa shape index (κ1) is 37.4. The van der Waals surface area contributed by atoms with E-state index in [9.17, 15) is 27.9 Å². The number of aromatic carboxylic acids is 1. The van der Waals surface area contributed by atoms with Crippen molar-refractivity contribution in [2.45, 2.75) is 65.2 Å². The first-order valence-electron chi connectivity index (χ1n) is 17.9. The Morgan fingerprint density at radius 2 is 1.43 bits per heavy atom. The van der Waals surface area contributed by atoms with E-state index >= 15 is 0 Å². The number of carboxylic acid groups (broad SMARTS) is 1. The molecule has 1 fully saturated rings. The fraction of sp³-hybridized carbons (Fsp3) is 0.289. The smallest absolute Gasteiger partial charge is 0.416 e. The molecule has 1 aliphatic rings. The summed E-state index contributed by atoms with van der Waals surface area (Å²) in [7, 11) is 0. The van der Waals surface area contributed by atoms with Crippen LogP contribution in [-0.2, 0) is 29.4 Å². The highest BCUT2D eigenvalue weighted by atomic mass is 19.4. The van der Waals surface area contributed by atoms with Gasteiger partial charge in [-0.25, -0.2) is 4.79 Å². The van der Waals surface area contributed by atoms with Gasteiger partial charge < -0.3 is 14.7 Å². The number of aryl methyl sites for hydroxylation is 1. The van der Waals surface area contributed by atoms with Crippen LogP contribution in [-0.4, -0.2) is 29.9 Å². The molecule has 5 aromatic carbocycles. The molecule has 5 aromatic rings. The number of alkyl halides is 3. The number of carboxylic acids is 1. The van der Waals surface area contributed by atoms with E-state index in [1.807, 2.05) is 61.5 Å². The van der Waals surface area contributed by atoms with E-state index < -0.39 is 17.7 Å². The first-order chi connectivity index (χ1) is 25.2. The topological polar surface area (TPSA) is 66.8 Å². The molecule has 1 aliphatic heterocycles. The highest BCUT2D eigenvalue weighted by Gasteiger charge is 2.31. The van der Waals surface area contributed by atoms with Gasteiger partial charge in [-0.15, -0.1) is 0 Å². The van der Waals surface area contributed by atoms with Crippen LogP contribution < -0.4 is 9.64 Å². The summed E-state index contributed by atoms with van der Waals surface area (Å²) in [6.45, 7) is 10.1. The summed E-state index contributed by atoms with van der Waals surface area (Å²) >= 11 is 0. The van der Waals surface area contributed by atoms with Crippen molar-refractivity contribution in [1.82, 2.24) is 0 Å². The van der Waals surface area contributed by atoms with Crippen LogP contribution in [0.1, 0.15) is 71.8 Å². The Hall–Kier alpha value is -5.37. The van der Waals surface area contributed by atoms with Crippen molar-refractivity contribution in [2.75, 3.05) is 18.0 Å². The quantitative estimate of drug-likeness (QED) is 0.156. The van der Waals surface area contributed by atoms with Gasteiger partial charge in [0, 0.05) is 31.1 Å². The molecule has 0 atom stereocenters. The van der Waals surface area contributed by atoms with Gasteiger partial charge in [0.25, 0.3) is 0 Å². The van der Waals surface area contributed by atoms with Gasteiger partial charge in [-0.1, -0.05) is 93.1 Å². The Labute approximate surface area is 309 Å². The average molecular weight is 720 g/mol. The number of benzene rings is 5.